The van der Waals surface area contributed by atoms with Gasteiger partial charge in [-0.1, -0.05) is 34.6 Å². The fourth-order valence-electron chi connectivity index (χ4n) is 3.00. The van der Waals surface area contributed by atoms with Crippen molar-refractivity contribution in [2.75, 3.05) is 7.11 Å². The van der Waals surface area contributed by atoms with Crippen molar-refractivity contribution >= 4 is 22.2 Å². The molecule has 0 saturated heterocycles. The Morgan fingerprint density at radius 1 is 1.12 bits per heavy atom. The molecule has 0 atom stereocenters. The second-order valence-corrected chi connectivity index (χ2v) is 8.79. The number of hydrogen-bond acceptors (Lipinski definition) is 4. The summed E-state index contributed by atoms with van der Waals surface area (Å²) in [5.74, 6) is 1.44. The van der Waals surface area contributed by atoms with Crippen LogP contribution in [-0.4, -0.2) is 17.1 Å². The number of pyridine rings is 1. The van der Waals surface area contributed by atoms with E-state index in [1.165, 1.54) is 10.9 Å². The topological polar surface area (TPSA) is 35.0 Å². The van der Waals surface area contributed by atoms with Crippen LogP contribution < -0.4 is 4.74 Å². The first-order chi connectivity index (χ1) is 11.8. The minimum Gasteiger partial charge on any atom is -0.497 e. The normalized spacial score (nSPS) is 12.1. The van der Waals surface area contributed by atoms with Gasteiger partial charge in [-0.05, 0) is 41.5 Å². The maximum atomic E-state index is 5.39. The van der Waals surface area contributed by atoms with Gasteiger partial charge in [-0.2, -0.15) is 0 Å². The third-order valence-electron chi connectivity index (χ3n) is 4.21. The van der Waals surface area contributed by atoms with Gasteiger partial charge < -0.3 is 4.74 Å². The van der Waals surface area contributed by atoms with Crippen molar-refractivity contribution in [2.24, 2.45) is 5.92 Å². The molecular weight excluding hydrogens is 328 g/mol. The molecule has 3 nitrogen and oxygen atoms in total. The first kappa shape index (κ1) is 17.9. The molecule has 3 aromatic rings. The Hall–Kier alpha value is -1.94. The van der Waals surface area contributed by atoms with Gasteiger partial charge in [-0.25, -0.2) is 9.97 Å². The van der Waals surface area contributed by atoms with E-state index in [0.717, 1.165) is 34.1 Å². The lowest BCUT2D eigenvalue weighted by molar-refractivity contribution is 0.415. The molecule has 0 saturated carbocycles. The minimum atomic E-state index is 0.0303. The average Bonchev–Trinajstić information content (AvgIpc) is 3.00. The van der Waals surface area contributed by atoms with E-state index in [9.17, 15) is 0 Å². The van der Waals surface area contributed by atoms with Crippen molar-refractivity contribution in [2.45, 2.75) is 46.5 Å². The summed E-state index contributed by atoms with van der Waals surface area (Å²) in [7, 11) is 1.69. The first-order valence-electron chi connectivity index (χ1n) is 8.72. The molecule has 0 fully saturated rings. The fourth-order valence-corrected chi connectivity index (χ4v) is 3.79. The van der Waals surface area contributed by atoms with Crippen molar-refractivity contribution in [1.29, 1.82) is 0 Å². The van der Waals surface area contributed by atoms with Crippen LogP contribution in [0.2, 0.25) is 0 Å². The van der Waals surface area contributed by atoms with E-state index < -0.39 is 0 Å². The van der Waals surface area contributed by atoms with Gasteiger partial charge in [0.05, 0.1) is 24.0 Å². The number of benzene rings is 1. The number of aromatic nitrogens is 2. The van der Waals surface area contributed by atoms with Crippen LogP contribution in [0.3, 0.4) is 0 Å². The van der Waals surface area contributed by atoms with Crippen molar-refractivity contribution in [3.05, 3.63) is 40.9 Å². The summed E-state index contributed by atoms with van der Waals surface area (Å²) in [5.41, 5.74) is 4.38. The molecule has 4 heteroatoms. The van der Waals surface area contributed by atoms with E-state index in [2.05, 4.69) is 52.1 Å². The monoisotopic (exact) mass is 354 g/mol. The van der Waals surface area contributed by atoms with Crippen molar-refractivity contribution in [1.82, 2.24) is 9.97 Å². The summed E-state index contributed by atoms with van der Waals surface area (Å²) in [5, 5.41) is 4.32. The molecule has 2 aromatic heterocycles. The number of ether oxygens (including phenoxy) is 1. The third-order valence-corrected chi connectivity index (χ3v) is 5.13. The van der Waals surface area contributed by atoms with Gasteiger partial charge in [0, 0.05) is 16.8 Å². The maximum Gasteiger partial charge on any atom is 0.142 e. The minimum absolute atomic E-state index is 0.0303. The average molecular weight is 355 g/mol. The molecule has 0 aliphatic heterocycles. The van der Waals surface area contributed by atoms with Crippen LogP contribution in [0, 0.1) is 5.92 Å². The van der Waals surface area contributed by atoms with Crippen LogP contribution >= 0.6 is 11.3 Å². The number of methoxy groups -OCH3 is 1. The summed E-state index contributed by atoms with van der Waals surface area (Å²) in [6.07, 6.45) is 1.00. The Kier molecular flexibility index (Phi) is 4.83. The van der Waals surface area contributed by atoms with Crippen LogP contribution in [0.4, 0.5) is 0 Å². The van der Waals surface area contributed by atoms with Gasteiger partial charge in [0.25, 0.3) is 0 Å². The van der Waals surface area contributed by atoms with Crippen LogP contribution in [0.15, 0.2) is 29.6 Å². The Morgan fingerprint density at radius 3 is 2.52 bits per heavy atom. The molecule has 3 rings (SSSR count). The van der Waals surface area contributed by atoms with Gasteiger partial charge in [0.2, 0.25) is 0 Å². The van der Waals surface area contributed by atoms with Gasteiger partial charge in [0.1, 0.15) is 10.8 Å². The molecule has 0 radical (unpaired) electrons. The van der Waals surface area contributed by atoms with Crippen LogP contribution in [0.25, 0.3) is 21.6 Å². The fraction of sp³-hybridized carbons (Fsp3) is 0.429. The number of thiazole rings is 1. The van der Waals surface area contributed by atoms with Gasteiger partial charge in [0.15, 0.2) is 0 Å². The summed E-state index contributed by atoms with van der Waals surface area (Å²) in [6, 6.07) is 8.32. The number of fused-ring (bicyclic) bond motifs is 1. The molecule has 0 N–H and O–H groups in total. The zero-order chi connectivity index (χ0) is 18.2. The zero-order valence-electron chi connectivity index (χ0n) is 15.9. The molecule has 0 aliphatic rings. The largest absolute Gasteiger partial charge is 0.497 e. The first-order valence-corrected chi connectivity index (χ1v) is 9.60. The molecular formula is C21H26N2OS. The van der Waals surface area contributed by atoms with E-state index in [0.29, 0.717) is 5.92 Å². The molecule has 0 unspecified atom stereocenters. The Morgan fingerprint density at radius 2 is 1.88 bits per heavy atom. The lowest BCUT2D eigenvalue weighted by Gasteiger charge is -2.22. The lowest BCUT2D eigenvalue weighted by atomic mass is 9.84. The van der Waals surface area contributed by atoms with Gasteiger partial charge >= 0.3 is 0 Å². The molecule has 0 aliphatic carbocycles. The molecule has 2 heterocycles. The molecule has 0 amide bonds. The highest BCUT2D eigenvalue weighted by Gasteiger charge is 2.20. The second-order valence-electron chi connectivity index (χ2n) is 7.93. The highest BCUT2D eigenvalue weighted by molar-refractivity contribution is 7.13. The standard InChI is InChI=1S/C21H26N2OS/c1-13(2)9-14-12-25-20(22-14)19-11-17(21(3,4)5)16-8-7-15(24-6)10-18(16)23-19/h7-8,10-13H,9H2,1-6H3. The van der Waals surface area contributed by atoms with Crippen molar-refractivity contribution in [3.8, 4) is 16.5 Å². The zero-order valence-corrected chi connectivity index (χ0v) is 16.7. The van der Waals surface area contributed by atoms with Crippen LogP contribution in [-0.2, 0) is 11.8 Å². The smallest absolute Gasteiger partial charge is 0.142 e. The van der Waals surface area contributed by atoms with Gasteiger partial charge in [-0.15, -0.1) is 11.3 Å². The quantitative estimate of drug-likeness (QED) is 0.588. The molecule has 1 aromatic carbocycles. The maximum absolute atomic E-state index is 5.39. The van der Waals surface area contributed by atoms with E-state index >= 15 is 0 Å². The summed E-state index contributed by atoms with van der Waals surface area (Å²) >= 11 is 1.68. The predicted molar refractivity (Wildman–Crippen MR) is 107 cm³/mol. The summed E-state index contributed by atoms with van der Waals surface area (Å²) < 4.78 is 5.39. The van der Waals surface area contributed by atoms with E-state index in [1.807, 2.05) is 12.1 Å². The van der Waals surface area contributed by atoms with Crippen molar-refractivity contribution in [3.63, 3.8) is 0 Å². The van der Waals surface area contributed by atoms with E-state index in [-0.39, 0.29) is 5.41 Å². The number of rotatable bonds is 4. The molecule has 25 heavy (non-hydrogen) atoms. The Balaban J connectivity index is 2.16. The van der Waals surface area contributed by atoms with E-state index in [1.54, 1.807) is 18.4 Å². The van der Waals surface area contributed by atoms with Crippen molar-refractivity contribution < 1.29 is 4.74 Å². The number of nitrogens with zero attached hydrogens (tertiary/aromatic N) is 2. The number of hydrogen-bond donors (Lipinski definition) is 0. The van der Waals surface area contributed by atoms with Crippen LogP contribution in [0.1, 0.15) is 45.9 Å². The van der Waals surface area contributed by atoms with Gasteiger partial charge in [-0.3, -0.25) is 0 Å². The Labute approximate surface area is 154 Å². The Bertz CT molecular complexity index is 891. The highest BCUT2D eigenvalue weighted by atomic mass is 32.1. The molecule has 0 bridgehead atoms. The highest BCUT2D eigenvalue weighted by Crippen LogP contribution is 2.35. The third kappa shape index (κ3) is 3.84. The summed E-state index contributed by atoms with van der Waals surface area (Å²) in [4.78, 5) is 9.71. The lowest BCUT2D eigenvalue weighted by Crippen LogP contribution is -2.12. The van der Waals surface area contributed by atoms with E-state index in [4.69, 9.17) is 14.7 Å². The molecule has 132 valence electrons. The predicted octanol–water partition coefficient (Wildman–Crippen LogP) is 5.86. The second kappa shape index (κ2) is 6.75. The van der Waals surface area contributed by atoms with Crippen LogP contribution in [0.5, 0.6) is 5.75 Å². The molecule has 0 spiro atoms. The SMILES string of the molecule is COc1ccc2c(C(C)(C)C)cc(-c3nc(CC(C)C)cs3)nc2c1. The summed E-state index contributed by atoms with van der Waals surface area (Å²) in [6.45, 7) is 11.2.